The van der Waals surface area contributed by atoms with Gasteiger partial charge in [0.15, 0.2) is 6.61 Å². The highest BCUT2D eigenvalue weighted by Crippen LogP contribution is 2.28. The van der Waals surface area contributed by atoms with Crippen LogP contribution in [0, 0.1) is 0 Å². The second-order valence-electron chi connectivity index (χ2n) is 6.48. The summed E-state index contributed by atoms with van der Waals surface area (Å²) >= 11 is 6.71. The van der Waals surface area contributed by atoms with Gasteiger partial charge in [-0.25, -0.2) is 0 Å². The molecule has 3 aromatic rings. The Labute approximate surface area is 197 Å². The van der Waals surface area contributed by atoms with Crippen LogP contribution < -0.4 is 20.3 Å². The Morgan fingerprint density at radius 1 is 0.839 bits per heavy atom. The van der Waals surface area contributed by atoms with Crippen molar-refractivity contribution in [3.8, 4) is 11.5 Å². The van der Waals surface area contributed by atoms with Crippen molar-refractivity contribution in [2.24, 2.45) is 0 Å². The van der Waals surface area contributed by atoms with Crippen LogP contribution in [0.3, 0.4) is 0 Å². The van der Waals surface area contributed by atoms with Gasteiger partial charge in [0.25, 0.3) is 11.8 Å². The monoisotopic (exact) mass is 546 g/mol. The lowest BCUT2D eigenvalue weighted by Gasteiger charge is -2.11. The van der Waals surface area contributed by atoms with Crippen LogP contribution in [0.15, 0.2) is 81.7 Å². The standard InChI is InChI=1S/C23H20Br2N2O4/c24-18-9-10-21(20(25)14-18)31-15-22(28)26-27-23(29)17-7-4-8-19(13-17)30-12-11-16-5-2-1-3-6-16/h1-10,13-14H,11-12,15H2,(H,26,28)(H,27,29). The second kappa shape index (κ2) is 11.5. The average Bonchev–Trinajstić information content (AvgIpc) is 2.78. The highest BCUT2D eigenvalue weighted by Gasteiger charge is 2.10. The quantitative estimate of drug-likeness (QED) is 0.402. The largest absolute Gasteiger partial charge is 0.493 e. The van der Waals surface area contributed by atoms with E-state index in [1.807, 2.05) is 36.4 Å². The van der Waals surface area contributed by atoms with Crippen molar-refractivity contribution in [2.75, 3.05) is 13.2 Å². The summed E-state index contributed by atoms with van der Waals surface area (Å²) < 4.78 is 12.8. The molecule has 31 heavy (non-hydrogen) atoms. The molecule has 0 bridgehead atoms. The maximum Gasteiger partial charge on any atom is 0.276 e. The van der Waals surface area contributed by atoms with Gasteiger partial charge >= 0.3 is 0 Å². The Morgan fingerprint density at radius 2 is 1.65 bits per heavy atom. The van der Waals surface area contributed by atoms with Gasteiger partial charge in [-0.3, -0.25) is 20.4 Å². The highest BCUT2D eigenvalue weighted by atomic mass is 79.9. The van der Waals surface area contributed by atoms with E-state index in [2.05, 4.69) is 42.7 Å². The number of halogens is 2. The predicted octanol–water partition coefficient (Wildman–Crippen LogP) is 4.67. The molecule has 0 radical (unpaired) electrons. The number of hydrazine groups is 1. The first-order valence-electron chi connectivity index (χ1n) is 9.45. The second-order valence-corrected chi connectivity index (χ2v) is 8.25. The zero-order valence-corrected chi connectivity index (χ0v) is 19.6. The first-order valence-corrected chi connectivity index (χ1v) is 11.0. The molecule has 6 nitrogen and oxygen atoms in total. The number of rotatable bonds is 8. The van der Waals surface area contributed by atoms with E-state index in [9.17, 15) is 9.59 Å². The van der Waals surface area contributed by atoms with E-state index in [-0.39, 0.29) is 6.61 Å². The van der Waals surface area contributed by atoms with Gasteiger partial charge in [0, 0.05) is 16.5 Å². The van der Waals surface area contributed by atoms with E-state index in [0.29, 0.717) is 28.1 Å². The van der Waals surface area contributed by atoms with Crippen LogP contribution in [0.2, 0.25) is 0 Å². The fourth-order valence-electron chi connectivity index (χ4n) is 2.63. The number of ether oxygens (including phenoxy) is 2. The zero-order valence-electron chi connectivity index (χ0n) is 16.4. The molecule has 3 rings (SSSR count). The fraction of sp³-hybridized carbons (Fsp3) is 0.130. The van der Waals surface area contributed by atoms with Crippen molar-refractivity contribution < 1.29 is 19.1 Å². The van der Waals surface area contributed by atoms with Crippen LogP contribution in [-0.4, -0.2) is 25.0 Å². The lowest BCUT2D eigenvalue weighted by Crippen LogP contribution is -2.43. The molecule has 0 unspecified atom stereocenters. The number of hydrogen-bond donors (Lipinski definition) is 2. The Bertz CT molecular complexity index is 1040. The van der Waals surface area contributed by atoms with Crippen LogP contribution in [0.1, 0.15) is 15.9 Å². The third kappa shape index (κ3) is 7.41. The molecular weight excluding hydrogens is 528 g/mol. The van der Waals surface area contributed by atoms with E-state index in [4.69, 9.17) is 9.47 Å². The summed E-state index contributed by atoms with van der Waals surface area (Å²) in [7, 11) is 0. The summed E-state index contributed by atoms with van der Waals surface area (Å²) in [5, 5.41) is 0. The maximum atomic E-state index is 12.3. The van der Waals surface area contributed by atoms with Gasteiger partial charge in [-0.2, -0.15) is 0 Å². The predicted molar refractivity (Wildman–Crippen MR) is 125 cm³/mol. The highest BCUT2D eigenvalue weighted by molar-refractivity contribution is 9.11. The Kier molecular flexibility index (Phi) is 8.49. The molecule has 0 fully saturated rings. The minimum absolute atomic E-state index is 0.247. The molecule has 0 saturated heterocycles. The molecular formula is C23H20Br2N2O4. The number of carbonyl (C=O) groups is 2. The van der Waals surface area contributed by atoms with Crippen LogP contribution >= 0.6 is 31.9 Å². The van der Waals surface area contributed by atoms with Gasteiger partial charge in [-0.05, 0) is 57.9 Å². The van der Waals surface area contributed by atoms with Crippen molar-refractivity contribution in [3.63, 3.8) is 0 Å². The SMILES string of the molecule is O=C(COc1ccc(Br)cc1Br)NNC(=O)c1cccc(OCCc2ccccc2)c1. The van der Waals surface area contributed by atoms with Crippen LogP contribution in [0.5, 0.6) is 11.5 Å². The molecule has 0 aliphatic carbocycles. The van der Waals surface area contributed by atoms with Gasteiger partial charge in [0.1, 0.15) is 11.5 Å². The van der Waals surface area contributed by atoms with E-state index in [0.717, 1.165) is 10.9 Å². The molecule has 0 atom stereocenters. The smallest absolute Gasteiger partial charge is 0.276 e. The number of carbonyl (C=O) groups excluding carboxylic acids is 2. The molecule has 3 aromatic carbocycles. The molecule has 0 spiro atoms. The van der Waals surface area contributed by atoms with E-state index < -0.39 is 11.8 Å². The lowest BCUT2D eigenvalue weighted by molar-refractivity contribution is -0.123. The van der Waals surface area contributed by atoms with Crippen molar-refractivity contribution in [3.05, 3.63) is 92.9 Å². The summed E-state index contributed by atoms with van der Waals surface area (Å²) in [6, 6.07) is 22.1. The first-order chi connectivity index (χ1) is 15.0. The van der Waals surface area contributed by atoms with Gasteiger partial charge < -0.3 is 9.47 Å². The molecule has 0 aliphatic heterocycles. The summed E-state index contributed by atoms with van der Waals surface area (Å²) in [5.41, 5.74) is 6.26. The van der Waals surface area contributed by atoms with Gasteiger partial charge in [-0.1, -0.05) is 52.3 Å². The molecule has 0 aliphatic rings. The van der Waals surface area contributed by atoms with Crippen LogP contribution in [-0.2, 0) is 11.2 Å². The Morgan fingerprint density at radius 3 is 2.42 bits per heavy atom. The molecule has 160 valence electrons. The summed E-state index contributed by atoms with van der Waals surface area (Å²) in [5.74, 6) is 0.161. The zero-order chi connectivity index (χ0) is 22.1. The summed E-state index contributed by atoms with van der Waals surface area (Å²) in [6.07, 6.45) is 0.766. The Balaban J connectivity index is 1.44. The molecule has 0 aromatic heterocycles. The van der Waals surface area contributed by atoms with Crippen molar-refractivity contribution in [2.45, 2.75) is 6.42 Å². The minimum atomic E-state index is -0.488. The van der Waals surface area contributed by atoms with Crippen LogP contribution in [0.4, 0.5) is 0 Å². The number of benzene rings is 3. The Hall–Kier alpha value is -2.84. The number of nitrogens with one attached hydrogen (secondary N) is 2. The molecule has 2 amide bonds. The third-order valence-electron chi connectivity index (χ3n) is 4.17. The molecule has 0 saturated carbocycles. The molecule has 0 heterocycles. The van der Waals surface area contributed by atoms with Gasteiger partial charge in [0.05, 0.1) is 11.1 Å². The van der Waals surface area contributed by atoms with E-state index in [1.54, 1.807) is 36.4 Å². The lowest BCUT2D eigenvalue weighted by atomic mass is 10.2. The third-order valence-corrected chi connectivity index (χ3v) is 5.28. The number of amides is 2. The topological polar surface area (TPSA) is 76.7 Å². The van der Waals surface area contributed by atoms with Crippen molar-refractivity contribution in [1.29, 1.82) is 0 Å². The van der Waals surface area contributed by atoms with E-state index in [1.165, 1.54) is 5.56 Å². The normalized spacial score (nSPS) is 10.3. The van der Waals surface area contributed by atoms with Gasteiger partial charge in [0.2, 0.25) is 0 Å². The average molecular weight is 548 g/mol. The van der Waals surface area contributed by atoms with E-state index >= 15 is 0 Å². The number of hydrogen-bond acceptors (Lipinski definition) is 4. The van der Waals surface area contributed by atoms with Crippen LogP contribution in [0.25, 0.3) is 0 Å². The fourth-order valence-corrected chi connectivity index (χ4v) is 3.79. The molecule has 8 heteroatoms. The van der Waals surface area contributed by atoms with Crippen molar-refractivity contribution >= 4 is 43.7 Å². The van der Waals surface area contributed by atoms with Gasteiger partial charge in [-0.15, -0.1) is 0 Å². The maximum absolute atomic E-state index is 12.3. The first kappa shape index (κ1) is 22.8. The summed E-state index contributed by atoms with van der Waals surface area (Å²) in [4.78, 5) is 24.3. The van der Waals surface area contributed by atoms with Crippen molar-refractivity contribution in [1.82, 2.24) is 10.9 Å². The summed E-state index contributed by atoms with van der Waals surface area (Å²) in [6.45, 7) is 0.248. The molecule has 2 N–H and O–H groups in total. The minimum Gasteiger partial charge on any atom is -0.493 e.